The highest BCUT2D eigenvalue weighted by Gasteiger charge is 2.33. The molecular weight excluding hydrogens is 399 g/mol. The topological polar surface area (TPSA) is 53.2 Å². The minimum atomic E-state index is -4.52. The molecule has 0 saturated heterocycles. The number of amides is 1. The number of nitrogens with one attached hydrogen (secondary N) is 3. The number of alkyl halides is 3. The number of halogens is 3. The molecule has 0 fully saturated rings. The van der Waals surface area contributed by atoms with Crippen molar-refractivity contribution in [3.63, 3.8) is 0 Å². The smallest absolute Gasteiger partial charge is 0.331 e. The summed E-state index contributed by atoms with van der Waals surface area (Å²) in [5.41, 5.74) is 5.88. The van der Waals surface area contributed by atoms with Crippen molar-refractivity contribution >= 4 is 28.9 Å². The van der Waals surface area contributed by atoms with E-state index < -0.39 is 17.7 Å². The van der Waals surface area contributed by atoms with E-state index in [4.69, 9.17) is 12.2 Å². The van der Waals surface area contributed by atoms with E-state index in [2.05, 4.69) is 30.0 Å². The Kier molecular flexibility index (Phi) is 7.61. The van der Waals surface area contributed by atoms with Crippen molar-refractivity contribution in [2.24, 2.45) is 5.92 Å². The normalized spacial score (nSPS) is 12.4. The van der Waals surface area contributed by atoms with Crippen LogP contribution in [-0.2, 0) is 17.4 Å². The molecule has 0 saturated carbocycles. The first-order valence-electron chi connectivity index (χ1n) is 9.20. The summed E-state index contributed by atoms with van der Waals surface area (Å²) in [6.45, 7) is 6.02. The van der Waals surface area contributed by atoms with E-state index in [9.17, 15) is 18.0 Å². The van der Waals surface area contributed by atoms with Gasteiger partial charge >= 0.3 is 6.18 Å². The summed E-state index contributed by atoms with van der Waals surface area (Å²) in [7, 11) is 0. The van der Waals surface area contributed by atoms with Crippen LogP contribution >= 0.6 is 12.2 Å². The molecular formula is C21H24F3N3OS. The van der Waals surface area contributed by atoms with Crippen molar-refractivity contribution in [3.05, 3.63) is 65.2 Å². The van der Waals surface area contributed by atoms with E-state index in [1.54, 1.807) is 6.92 Å². The van der Waals surface area contributed by atoms with Gasteiger partial charge in [-0.15, -0.1) is 0 Å². The monoisotopic (exact) mass is 423 g/mol. The van der Waals surface area contributed by atoms with Crippen LogP contribution in [0.25, 0.3) is 0 Å². The van der Waals surface area contributed by atoms with Crippen molar-refractivity contribution in [1.82, 2.24) is 10.9 Å². The maximum atomic E-state index is 13.0. The number of anilines is 1. The Balaban J connectivity index is 1.92. The van der Waals surface area contributed by atoms with Gasteiger partial charge in [0.15, 0.2) is 5.11 Å². The number of carbonyl (C=O) groups is 1. The summed E-state index contributed by atoms with van der Waals surface area (Å²) < 4.78 is 39.1. The molecule has 2 rings (SSSR count). The number of rotatable bonds is 5. The van der Waals surface area contributed by atoms with Crippen molar-refractivity contribution in [1.29, 1.82) is 0 Å². The van der Waals surface area contributed by atoms with Crippen molar-refractivity contribution in [3.8, 4) is 0 Å². The SMILES string of the molecule is CC(C)Cc1ccc(C(C)C(=O)NNC(=S)Nc2ccccc2C(F)(F)F)cc1. The lowest BCUT2D eigenvalue weighted by molar-refractivity contribution is -0.137. The molecule has 29 heavy (non-hydrogen) atoms. The highest BCUT2D eigenvalue weighted by molar-refractivity contribution is 7.80. The summed E-state index contributed by atoms with van der Waals surface area (Å²) >= 11 is 4.99. The van der Waals surface area contributed by atoms with Gasteiger partial charge in [-0.2, -0.15) is 13.2 Å². The average Bonchev–Trinajstić information content (AvgIpc) is 2.65. The van der Waals surface area contributed by atoms with E-state index in [0.29, 0.717) is 5.92 Å². The van der Waals surface area contributed by atoms with Gasteiger partial charge in [0.2, 0.25) is 5.91 Å². The molecule has 1 amide bonds. The lowest BCUT2D eigenvalue weighted by Crippen LogP contribution is -2.45. The first kappa shape index (κ1) is 22.7. The third-order valence-electron chi connectivity index (χ3n) is 4.30. The summed E-state index contributed by atoms with van der Waals surface area (Å²) in [5.74, 6) is -0.266. The van der Waals surface area contributed by atoms with E-state index >= 15 is 0 Å². The molecule has 4 nitrogen and oxygen atoms in total. The highest BCUT2D eigenvalue weighted by atomic mass is 32.1. The predicted octanol–water partition coefficient (Wildman–Crippen LogP) is 5.03. The second kappa shape index (κ2) is 9.73. The van der Waals surface area contributed by atoms with Gasteiger partial charge in [-0.1, -0.05) is 50.2 Å². The van der Waals surface area contributed by atoms with Crippen LogP contribution in [0.1, 0.15) is 43.4 Å². The Morgan fingerprint density at radius 1 is 1.00 bits per heavy atom. The van der Waals surface area contributed by atoms with Crippen molar-refractivity contribution in [2.75, 3.05) is 5.32 Å². The average molecular weight is 424 g/mol. The third-order valence-corrected chi connectivity index (χ3v) is 4.50. The number of para-hydroxylation sites is 1. The molecule has 0 heterocycles. The van der Waals surface area contributed by atoms with Crippen LogP contribution in [0.15, 0.2) is 48.5 Å². The molecule has 0 radical (unpaired) electrons. The fourth-order valence-corrected chi connectivity index (χ4v) is 2.95. The van der Waals surface area contributed by atoms with Crippen LogP contribution in [0.5, 0.6) is 0 Å². The first-order valence-corrected chi connectivity index (χ1v) is 9.60. The van der Waals surface area contributed by atoms with Gasteiger partial charge in [-0.3, -0.25) is 15.6 Å². The minimum Gasteiger partial charge on any atom is -0.331 e. The number of carbonyl (C=O) groups excluding carboxylic acids is 1. The maximum absolute atomic E-state index is 13.0. The van der Waals surface area contributed by atoms with Gasteiger partial charge in [0.1, 0.15) is 0 Å². The lowest BCUT2D eigenvalue weighted by Gasteiger charge is -2.18. The number of benzene rings is 2. The summed E-state index contributed by atoms with van der Waals surface area (Å²) in [6.07, 6.45) is -3.56. The van der Waals surface area contributed by atoms with E-state index in [1.807, 2.05) is 24.3 Å². The zero-order valence-corrected chi connectivity index (χ0v) is 17.2. The summed E-state index contributed by atoms with van der Waals surface area (Å²) in [6, 6.07) is 12.8. The van der Waals surface area contributed by atoms with E-state index in [1.165, 1.54) is 23.8 Å². The third kappa shape index (κ3) is 6.74. The van der Waals surface area contributed by atoms with Gasteiger partial charge in [0.25, 0.3) is 0 Å². The van der Waals surface area contributed by atoms with Crippen LogP contribution in [0.3, 0.4) is 0 Å². The van der Waals surface area contributed by atoms with Gasteiger partial charge in [0, 0.05) is 0 Å². The summed E-state index contributed by atoms with van der Waals surface area (Å²) in [4.78, 5) is 12.3. The van der Waals surface area contributed by atoms with Crippen molar-refractivity contribution < 1.29 is 18.0 Å². The zero-order valence-electron chi connectivity index (χ0n) is 16.4. The van der Waals surface area contributed by atoms with Gasteiger partial charge in [-0.05, 0) is 54.7 Å². The predicted molar refractivity (Wildman–Crippen MR) is 112 cm³/mol. The molecule has 0 aromatic heterocycles. The molecule has 1 atom stereocenters. The highest BCUT2D eigenvalue weighted by Crippen LogP contribution is 2.34. The molecule has 0 spiro atoms. The Hall–Kier alpha value is -2.61. The molecule has 2 aromatic rings. The lowest BCUT2D eigenvalue weighted by atomic mass is 9.96. The number of hydrogen-bond donors (Lipinski definition) is 3. The van der Waals surface area contributed by atoms with Gasteiger partial charge < -0.3 is 5.32 Å². The molecule has 0 aliphatic carbocycles. The quantitative estimate of drug-likeness (QED) is 0.467. The van der Waals surface area contributed by atoms with Gasteiger partial charge in [-0.25, -0.2) is 0 Å². The molecule has 156 valence electrons. The molecule has 8 heteroatoms. The number of thiocarbonyl (C=S) groups is 1. The van der Waals surface area contributed by atoms with Crippen LogP contribution in [0.4, 0.5) is 18.9 Å². The summed E-state index contributed by atoms with van der Waals surface area (Å²) in [5, 5.41) is 2.32. The number of hydrazine groups is 1. The van der Waals surface area contributed by atoms with Crippen molar-refractivity contribution in [2.45, 2.75) is 39.3 Å². The Morgan fingerprint density at radius 2 is 1.62 bits per heavy atom. The first-order chi connectivity index (χ1) is 13.6. The van der Waals surface area contributed by atoms with Crippen LogP contribution in [-0.4, -0.2) is 11.0 Å². The molecule has 0 bridgehead atoms. The largest absolute Gasteiger partial charge is 0.418 e. The molecule has 0 aliphatic heterocycles. The van der Waals surface area contributed by atoms with Crippen LogP contribution in [0.2, 0.25) is 0 Å². The zero-order chi connectivity index (χ0) is 21.6. The van der Waals surface area contributed by atoms with Gasteiger partial charge in [0.05, 0.1) is 17.2 Å². The number of hydrogen-bond acceptors (Lipinski definition) is 2. The Morgan fingerprint density at radius 3 is 2.21 bits per heavy atom. The fraction of sp³-hybridized carbons (Fsp3) is 0.333. The van der Waals surface area contributed by atoms with Crippen LogP contribution < -0.4 is 16.2 Å². The molecule has 2 aromatic carbocycles. The minimum absolute atomic E-state index is 0.144. The fourth-order valence-electron chi connectivity index (χ4n) is 2.78. The van der Waals surface area contributed by atoms with E-state index in [-0.39, 0.29) is 16.7 Å². The molecule has 1 unspecified atom stereocenters. The second-order valence-corrected chi connectivity index (χ2v) is 7.58. The van der Waals surface area contributed by atoms with Crippen LogP contribution in [0, 0.1) is 5.92 Å². The Labute approximate surface area is 173 Å². The maximum Gasteiger partial charge on any atom is 0.418 e. The molecule has 0 aliphatic rings. The Bertz CT molecular complexity index is 851. The molecule has 3 N–H and O–H groups in total. The van der Waals surface area contributed by atoms with E-state index in [0.717, 1.165) is 18.1 Å². The standard InChI is InChI=1S/C21H24F3N3OS/c1-13(2)12-15-8-10-16(11-9-15)14(3)19(28)26-27-20(29)25-18-7-5-4-6-17(18)21(22,23)24/h4-11,13-14H,12H2,1-3H3,(H,26,28)(H2,25,27,29). The second-order valence-electron chi connectivity index (χ2n) is 7.17.